The van der Waals surface area contributed by atoms with Crippen molar-refractivity contribution in [2.75, 3.05) is 0 Å². The largest absolute Gasteiger partial charge is 0.270 e. The molecule has 3 aromatic rings. The minimum Gasteiger partial charge on any atom is -0.270 e. The number of carbonyl (C=O) groups is 2. The molecule has 6 heteroatoms. The number of aromatic nitrogens is 2. The van der Waals surface area contributed by atoms with E-state index in [1.807, 2.05) is 32.0 Å². The summed E-state index contributed by atoms with van der Waals surface area (Å²) in [5.74, 6) is -0.545. The van der Waals surface area contributed by atoms with Gasteiger partial charge in [-0.15, -0.1) is 0 Å². The Morgan fingerprint density at radius 1 is 1.04 bits per heavy atom. The van der Waals surface area contributed by atoms with Crippen LogP contribution in [-0.2, 0) is 6.54 Å². The molecular weight excluding hydrogens is 352 g/mol. The third kappa shape index (κ3) is 2.87. The van der Waals surface area contributed by atoms with Gasteiger partial charge >= 0.3 is 0 Å². The predicted molar refractivity (Wildman–Crippen MR) is 104 cm³/mol. The van der Waals surface area contributed by atoms with E-state index in [0.717, 1.165) is 11.1 Å². The summed E-state index contributed by atoms with van der Waals surface area (Å²) in [6.07, 6.45) is 1.80. The molecule has 28 heavy (non-hydrogen) atoms. The molecule has 1 aromatic heterocycles. The van der Waals surface area contributed by atoms with Crippen LogP contribution in [0.25, 0.3) is 11.3 Å². The van der Waals surface area contributed by atoms with Gasteiger partial charge < -0.3 is 0 Å². The molecule has 0 N–H and O–H groups in total. The van der Waals surface area contributed by atoms with Gasteiger partial charge in [-0.05, 0) is 44.2 Å². The third-order valence-electron chi connectivity index (χ3n) is 4.93. The number of carbonyl (C=O) groups excluding carboxylic acids is 2. The highest BCUT2D eigenvalue weighted by Gasteiger charge is 2.38. The summed E-state index contributed by atoms with van der Waals surface area (Å²) in [5, 5.41) is 13.9. The van der Waals surface area contributed by atoms with Crippen LogP contribution in [0.3, 0.4) is 0 Å². The van der Waals surface area contributed by atoms with Gasteiger partial charge in [0.05, 0.1) is 41.0 Å². The summed E-state index contributed by atoms with van der Waals surface area (Å²) in [7, 11) is 0. The van der Waals surface area contributed by atoms with Crippen LogP contribution < -0.4 is 0 Å². The summed E-state index contributed by atoms with van der Waals surface area (Å²) in [6.45, 7) is 4.17. The maximum Gasteiger partial charge on any atom is 0.261 e. The number of amides is 2. The molecule has 0 saturated carbocycles. The van der Waals surface area contributed by atoms with Crippen molar-refractivity contribution in [3.05, 3.63) is 77.0 Å². The third-order valence-corrected chi connectivity index (χ3v) is 4.93. The lowest BCUT2D eigenvalue weighted by Gasteiger charge is -2.22. The van der Waals surface area contributed by atoms with Gasteiger partial charge in [-0.3, -0.25) is 19.2 Å². The number of aryl methyl sites for hydroxylation is 1. The zero-order chi connectivity index (χ0) is 19.8. The molecule has 6 nitrogen and oxygen atoms in total. The molecule has 1 unspecified atom stereocenters. The fourth-order valence-electron chi connectivity index (χ4n) is 3.54. The minimum absolute atomic E-state index is 0.272. The van der Waals surface area contributed by atoms with E-state index < -0.39 is 0 Å². The minimum atomic E-state index is -0.354. The fourth-order valence-corrected chi connectivity index (χ4v) is 3.54. The van der Waals surface area contributed by atoms with E-state index in [-0.39, 0.29) is 17.9 Å². The highest BCUT2D eigenvalue weighted by Crippen LogP contribution is 2.26. The normalized spacial score (nSPS) is 14.1. The van der Waals surface area contributed by atoms with Gasteiger partial charge in [-0.2, -0.15) is 10.4 Å². The second-order valence-electron chi connectivity index (χ2n) is 6.96. The number of hydrogen-bond donors (Lipinski definition) is 0. The molecule has 0 saturated heterocycles. The number of imide groups is 1. The summed E-state index contributed by atoms with van der Waals surface area (Å²) < 4.78 is 1.70. The van der Waals surface area contributed by atoms with E-state index in [2.05, 4.69) is 11.2 Å². The van der Waals surface area contributed by atoms with E-state index in [4.69, 9.17) is 0 Å². The number of fused-ring (bicyclic) bond motifs is 1. The molecule has 1 atom stereocenters. The first-order valence-electron chi connectivity index (χ1n) is 9.01. The maximum absolute atomic E-state index is 12.6. The first-order valence-corrected chi connectivity index (χ1v) is 9.01. The zero-order valence-corrected chi connectivity index (χ0v) is 15.6. The Morgan fingerprint density at radius 3 is 2.36 bits per heavy atom. The van der Waals surface area contributed by atoms with Gasteiger partial charge in [0.2, 0.25) is 0 Å². The van der Waals surface area contributed by atoms with Crippen LogP contribution in [0, 0.1) is 18.3 Å². The molecule has 2 aromatic carbocycles. The Morgan fingerprint density at radius 2 is 1.71 bits per heavy atom. The molecule has 1 aliphatic rings. The van der Waals surface area contributed by atoms with Crippen LogP contribution in [-0.4, -0.2) is 32.5 Å². The smallest absolute Gasteiger partial charge is 0.261 e. The van der Waals surface area contributed by atoms with Crippen molar-refractivity contribution in [3.8, 4) is 17.3 Å². The number of rotatable bonds is 4. The molecule has 2 amide bonds. The Balaban J connectivity index is 1.57. The number of nitrogens with zero attached hydrogens (tertiary/aromatic N) is 4. The SMILES string of the molecule is Cc1ccc(C#N)c(-c2ccn(CC(C)N3C(=O)c4ccccc4C3=O)n2)c1. The molecule has 2 heterocycles. The van der Waals surface area contributed by atoms with Crippen LogP contribution in [0.1, 0.15) is 38.8 Å². The average Bonchev–Trinajstić information content (AvgIpc) is 3.25. The standard InChI is InChI=1S/C22H18N4O2/c1-14-7-8-16(12-23)19(11-14)20-9-10-25(24-20)13-15(2)26-21(27)17-5-3-4-6-18(17)22(26)28/h3-11,15H,13H2,1-2H3. The lowest BCUT2D eigenvalue weighted by molar-refractivity contribution is 0.0581. The Hall–Kier alpha value is -3.72. The van der Waals surface area contributed by atoms with Gasteiger partial charge in [-0.1, -0.05) is 23.8 Å². The Kier molecular flexibility index (Phi) is 4.28. The van der Waals surface area contributed by atoms with Gasteiger partial charge in [0, 0.05) is 11.8 Å². The molecular formula is C22H18N4O2. The molecule has 0 fully saturated rings. The number of nitriles is 1. The fraction of sp³-hybridized carbons (Fsp3) is 0.182. The highest BCUT2D eigenvalue weighted by atomic mass is 16.2. The van der Waals surface area contributed by atoms with Crippen molar-refractivity contribution in [1.82, 2.24) is 14.7 Å². The van der Waals surface area contributed by atoms with Gasteiger partial charge in [0.15, 0.2) is 0 Å². The first-order chi connectivity index (χ1) is 13.5. The molecule has 4 rings (SSSR count). The van der Waals surface area contributed by atoms with Gasteiger partial charge in [0.1, 0.15) is 0 Å². The van der Waals surface area contributed by atoms with Crippen LogP contribution >= 0.6 is 0 Å². The molecule has 0 spiro atoms. The molecule has 0 bridgehead atoms. The van der Waals surface area contributed by atoms with E-state index in [9.17, 15) is 14.9 Å². The van der Waals surface area contributed by atoms with E-state index >= 15 is 0 Å². The van der Waals surface area contributed by atoms with E-state index in [1.54, 1.807) is 41.2 Å². The van der Waals surface area contributed by atoms with Crippen molar-refractivity contribution in [3.63, 3.8) is 0 Å². The zero-order valence-electron chi connectivity index (χ0n) is 15.6. The lowest BCUT2D eigenvalue weighted by atomic mass is 10.0. The predicted octanol–water partition coefficient (Wildman–Crippen LogP) is 3.41. The second kappa shape index (κ2) is 6.78. The van der Waals surface area contributed by atoms with E-state index in [1.165, 1.54) is 4.90 Å². The van der Waals surface area contributed by atoms with Crippen LogP contribution in [0.4, 0.5) is 0 Å². The topological polar surface area (TPSA) is 79.0 Å². The van der Waals surface area contributed by atoms with Crippen LogP contribution in [0.15, 0.2) is 54.7 Å². The van der Waals surface area contributed by atoms with Crippen molar-refractivity contribution >= 4 is 11.8 Å². The van der Waals surface area contributed by atoms with Gasteiger partial charge in [-0.25, -0.2) is 0 Å². The Bertz CT molecular complexity index is 1100. The van der Waals surface area contributed by atoms with Crippen molar-refractivity contribution in [1.29, 1.82) is 5.26 Å². The Labute approximate surface area is 162 Å². The van der Waals surface area contributed by atoms with Crippen molar-refractivity contribution in [2.24, 2.45) is 0 Å². The molecule has 0 aliphatic carbocycles. The molecule has 1 aliphatic heterocycles. The quantitative estimate of drug-likeness (QED) is 0.659. The molecule has 138 valence electrons. The summed E-state index contributed by atoms with van der Waals surface area (Å²) in [4.78, 5) is 26.5. The lowest BCUT2D eigenvalue weighted by Crippen LogP contribution is -2.40. The van der Waals surface area contributed by atoms with Crippen LogP contribution in [0.2, 0.25) is 0 Å². The summed E-state index contributed by atoms with van der Waals surface area (Å²) >= 11 is 0. The molecule has 0 radical (unpaired) electrons. The maximum atomic E-state index is 12.6. The van der Waals surface area contributed by atoms with Crippen LogP contribution in [0.5, 0.6) is 0 Å². The highest BCUT2D eigenvalue weighted by molar-refractivity contribution is 6.21. The first kappa shape index (κ1) is 17.7. The summed E-state index contributed by atoms with van der Waals surface area (Å²) in [5.41, 5.74) is 3.95. The summed E-state index contributed by atoms with van der Waals surface area (Å²) in [6, 6.07) is 16.1. The monoisotopic (exact) mass is 370 g/mol. The van der Waals surface area contributed by atoms with Gasteiger partial charge in [0.25, 0.3) is 11.8 Å². The number of hydrogen-bond acceptors (Lipinski definition) is 4. The average molecular weight is 370 g/mol. The van der Waals surface area contributed by atoms with Crippen molar-refractivity contribution in [2.45, 2.75) is 26.4 Å². The van der Waals surface area contributed by atoms with Crippen molar-refractivity contribution < 1.29 is 9.59 Å². The second-order valence-corrected chi connectivity index (χ2v) is 6.96. The van der Waals surface area contributed by atoms with E-state index in [0.29, 0.717) is 28.9 Å². The number of benzene rings is 2.